The van der Waals surface area contributed by atoms with Gasteiger partial charge in [-0.3, -0.25) is 4.79 Å². The molecule has 2 aliphatic heterocycles. The maximum Gasteiger partial charge on any atom is 0.417 e. The second kappa shape index (κ2) is 10.4. The first-order valence-corrected chi connectivity index (χ1v) is 12.5. The van der Waals surface area contributed by atoms with Crippen LogP contribution in [0.25, 0.3) is 11.3 Å². The molecule has 1 amide bonds. The van der Waals surface area contributed by atoms with Gasteiger partial charge in [-0.25, -0.2) is 4.98 Å². The molecular formula is C27H29F3N6O. The van der Waals surface area contributed by atoms with Crippen LogP contribution in [0.15, 0.2) is 54.7 Å². The zero-order chi connectivity index (χ0) is 26.0. The van der Waals surface area contributed by atoms with Crippen LogP contribution < -0.4 is 9.80 Å². The summed E-state index contributed by atoms with van der Waals surface area (Å²) in [7, 11) is 0. The van der Waals surface area contributed by atoms with Crippen molar-refractivity contribution in [2.24, 2.45) is 5.92 Å². The molecule has 0 unspecified atom stereocenters. The Hall–Kier alpha value is -3.69. The average Bonchev–Trinajstić information content (AvgIpc) is 2.93. The summed E-state index contributed by atoms with van der Waals surface area (Å²) < 4.78 is 38.4. The first-order chi connectivity index (χ1) is 17.8. The molecule has 0 atom stereocenters. The van der Waals surface area contributed by atoms with Gasteiger partial charge >= 0.3 is 6.18 Å². The molecule has 10 heteroatoms. The summed E-state index contributed by atoms with van der Waals surface area (Å²) in [6.07, 6.45) is -2.04. The predicted molar refractivity (Wildman–Crippen MR) is 135 cm³/mol. The van der Waals surface area contributed by atoms with Gasteiger partial charge in [0.05, 0.1) is 11.3 Å². The second-order valence-electron chi connectivity index (χ2n) is 9.57. The number of piperazine rings is 1. The minimum atomic E-state index is -4.40. The Morgan fingerprint density at radius 2 is 1.51 bits per heavy atom. The number of carbonyl (C=O) groups excluding carboxylic acids is 1. The minimum absolute atomic E-state index is 0.0359. The molecule has 0 saturated carbocycles. The Morgan fingerprint density at radius 1 is 0.838 bits per heavy atom. The van der Waals surface area contributed by atoms with Crippen molar-refractivity contribution in [3.63, 3.8) is 0 Å². The van der Waals surface area contributed by atoms with Gasteiger partial charge in [-0.05, 0) is 49.6 Å². The number of amides is 1. The second-order valence-corrected chi connectivity index (χ2v) is 9.57. The number of carbonyl (C=O) groups is 1. The summed E-state index contributed by atoms with van der Waals surface area (Å²) in [6, 6.07) is 14.5. The zero-order valence-electron chi connectivity index (χ0n) is 20.7. The first kappa shape index (κ1) is 25.0. The molecular weight excluding hydrogens is 481 g/mol. The van der Waals surface area contributed by atoms with Gasteiger partial charge in [-0.2, -0.15) is 13.2 Å². The zero-order valence-corrected chi connectivity index (χ0v) is 20.7. The Bertz CT molecular complexity index is 1220. The van der Waals surface area contributed by atoms with Crippen molar-refractivity contribution in [2.75, 3.05) is 49.1 Å². The standard InChI is InChI=1S/C27H29F3N6O/c1-19-4-2-3-5-22(19)23-7-9-25(33-32-23)34-12-10-20(11-13-34)26(37)36-16-14-35(15-17-36)24-8-6-21(18-31-24)27(28,29)30/h2-9,18,20H,10-17H2,1H3. The van der Waals surface area contributed by atoms with E-state index in [1.165, 1.54) is 6.07 Å². The highest BCUT2D eigenvalue weighted by atomic mass is 19.4. The number of hydrogen-bond acceptors (Lipinski definition) is 6. The van der Waals surface area contributed by atoms with E-state index in [2.05, 4.69) is 33.1 Å². The minimum Gasteiger partial charge on any atom is -0.355 e. The third kappa shape index (κ3) is 5.52. The van der Waals surface area contributed by atoms with E-state index >= 15 is 0 Å². The molecule has 0 N–H and O–H groups in total. The van der Waals surface area contributed by atoms with Crippen LogP contribution in [0.4, 0.5) is 24.8 Å². The van der Waals surface area contributed by atoms with Gasteiger partial charge in [0, 0.05) is 56.9 Å². The molecule has 7 nitrogen and oxygen atoms in total. The van der Waals surface area contributed by atoms with E-state index in [0.29, 0.717) is 32.0 Å². The molecule has 1 aromatic carbocycles. The van der Waals surface area contributed by atoms with E-state index < -0.39 is 11.7 Å². The summed E-state index contributed by atoms with van der Waals surface area (Å²) in [5.41, 5.74) is 2.31. The van der Waals surface area contributed by atoms with Crippen molar-refractivity contribution in [1.82, 2.24) is 20.1 Å². The smallest absolute Gasteiger partial charge is 0.355 e. The van der Waals surface area contributed by atoms with Gasteiger partial charge in [-0.1, -0.05) is 24.3 Å². The van der Waals surface area contributed by atoms with Crippen LogP contribution in [0.2, 0.25) is 0 Å². The summed E-state index contributed by atoms with van der Waals surface area (Å²) in [5, 5.41) is 8.87. The summed E-state index contributed by atoms with van der Waals surface area (Å²) in [6.45, 7) is 5.70. The molecule has 0 spiro atoms. The molecule has 2 saturated heterocycles. The first-order valence-electron chi connectivity index (χ1n) is 12.5. The Balaban J connectivity index is 1.12. The SMILES string of the molecule is Cc1ccccc1-c1ccc(N2CCC(C(=O)N3CCN(c4ccc(C(F)(F)F)cn4)CC3)CC2)nn1. The number of alkyl halides is 3. The van der Waals surface area contributed by atoms with Crippen LogP contribution in [0.1, 0.15) is 24.0 Å². The van der Waals surface area contributed by atoms with Crippen LogP contribution >= 0.6 is 0 Å². The highest BCUT2D eigenvalue weighted by Gasteiger charge is 2.33. The lowest BCUT2D eigenvalue weighted by Crippen LogP contribution is -2.52. The van der Waals surface area contributed by atoms with Gasteiger partial charge in [0.2, 0.25) is 5.91 Å². The van der Waals surface area contributed by atoms with E-state index in [-0.39, 0.29) is 11.8 Å². The Morgan fingerprint density at radius 3 is 2.11 bits per heavy atom. The highest BCUT2D eigenvalue weighted by Crippen LogP contribution is 2.30. The predicted octanol–water partition coefficient (Wildman–Crippen LogP) is 4.43. The van der Waals surface area contributed by atoms with Crippen LogP contribution in [-0.2, 0) is 11.0 Å². The molecule has 2 fully saturated rings. The number of piperidine rings is 1. The van der Waals surface area contributed by atoms with Crippen molar-refractivity contribution in [1.29, 1.82) is 0 Å². The van der Waals surface area contributed by atoms with Gasteiger partial charge in [0.25, 0.3) is 0 Å². The quantitative estimate of drug-likeness (QED) is 0.518. The van der Waals surface area contributed by atoms with Gasteiger partial charge in [0.1, 0.15) is 5.82 Å². The van der Waals surface area contributed by atoms with Crippen LogP contribution in [0, 0.1) is 12.8 Å². The maximum atomic E-state index is 13.1. The van der Waals surface area contributed by atoms with E-state index in [0.717, 1.165) is 60.8 Å². The van der Waals surface area contributed by atoms with Crippen molar-refractivity contribution in [3.05, 3.63) is 65.9 Å². The summed E-state index contributed by atoms with van der Waals surface area (Å²) >= 11 is 0. The lowest BCUT2D eigenvalue weighted by Gasteiger charge is -2.39. The Labute approximate surface area is 213 Å². The number of aromatic nitrogens is 3. The summed E-state index contributed by atoms with van der Waals surface area (Å²) in [4.78, 5) is 23.1. The van der Waals surface area contributed by atoms with Crippen LogP contribution in [0.5, 0.6) is 0 Å². The number of hydrogen-bond donors (Lipinski definition) is 0. The largest absolute Gasteiger partial charge is 0.417 e. The number of nitrogens with zero attached hydrogens (tertiary/aromatic N) is 6. The molecule has 0 radical (unpaired) electrons. The fourth-order valence-corrected chi connectivity index (χ4v) is 5.01. The number of pyridine rings is 1. The molecule has 4 heterocycles. The molecule has 0 aliphatic carbocycles. The van der Waals surface area contributed by atoms with Gasteiger partial charge in [-0.15, -0.1) is 10.2 Å². The van der Waals surface area contributed by atoms with Crippen molar-refractivity contribution >= 4 is 17.5 Å². The topological polar surface area (TPSA) is 65.5 Å². The monoisotopic (exact) mass is 510 g/mol. The average molecular weight is 511 g/mol. The number of rotatable bonds is 4. The lowest BCUT2D eigenvalue weighted by atomic mass is 9.95. The van der Waals surface area contributed by atoms with Gasteiger partial charge < -0.3 is 14.7 Å². The molecule has 0 bridgehead atoms. The molecule has 194 valence electrons. The molecule has 2 aliphatic rings. The maximum absolute atomic E-state index is 13.1. The Kier molecular flexibility index (Phi) is 6.99. The van der Waals surface area contributed by atoms with E-state index in [9.17, 15) is 18.0 Å². The van der Waals surface area contributed by atoms with Crippen molar-refractivity contribution < 1.29 is 18.0 Å². The van der Waals surface area contributed by atoms with Crippen LogP contribution in [0.3, 0.4) is 0 Å². The molecule has 2 aromatic heterocycles. The van der Waals surface area contributed by atoms with E-state index in [1.807, 2.05) is 40.1 Å². The fourth-order valence-electron chi connectivity index (χ4n) is 5.01. The summed E-state index contributed by atoms with van der Waals surface area (Å²) in [5.74, 6) is 1.44. The van der Waals surface area contributed by atoms with Gasteiger partial charge in [0.15, 0.2) is 5.82 Å². The van der Waals surface area contributed by atoms with Crippen molar-refractivity contribution in [2.45, 2.75) is 25.9 Å². The third-order valence-electron chi connectivity index (χ3n) is 7.23. The molecule has 37 heavy (non-hydrogen) atoms. The lowest BCUT2D eigenvalue weighted by molar-refractivity contribution is -0.138. The third-order valence-corrected chi connectivity index (χ3v) is 7.23. The van der Waals surface area contributed by atoms with E-state index in [1.54, 1.807) is 0 Å². The van der Waals surface area contributed by atoms with Crippen molar-refractivity contribution in [3.8, 4) is 11.3 Å². The number of halogens is 3. The number of aryl methyl sites for hydroxylation is 1. The highest BCUT2D eigenvalue weighted by molar-refractivity contribution is 5.79. The number of anilines is 2. The number of benzene rings is 1. The molecule has 5 rings (SSSR count). The molecule has 3 aromatic rings. The fraction of sp³-hybridized carbons (Fsp3) is 0.407. The normalized spacial score (nSPS) is 17.2. The van der Waals surface area contributed by atoms with Crippen LogP contribution in [-0.4, -0.2) is 65.3 Å². The van der Waals surface area contributed by atoms with E-state index in [4.69, 9.17) is 0 Å².